The molecule has 0 saturated heterocycles. The Balaban J connectivity index is 3.99. The van der Waals surface area contributed by atoms with Crippen molar-refractivity contribution < 1.29 is 0 Å². The molecular weight excluding hydrogens is 160 g/mol. The van der Waals surface area contributed by atoms with E-state index in [0.29, 0.717) is 0 Å². The minimum absolute atomic E-state index is 0.0574. The summed E-state index contributed by atoms with van der Waals surface area (Å²) >= 11 is 0. The minimum Gasteiger partial charge on any atom is -0.324 e. The average molecular weight is 184 g/mol. The zero-order valence-electron chi connectivity index (χ0n) is 9.34. The van der Waals surface area contributed by atoms with Crippen molar-refractivity contribution in [3.63, 3.8) is 0 Å². The van der Waals surface area contributed by atoms with Crippen molar-refractivity contribution in [2.45, 2.75) is 39.2 Å². The van der Waals surface area contributed by atoms with Gasteiger partial charge in [0.25, 0.3) is 0 Å². The van der Waals surface area contributed by atoms with Gasteiger partial charge in [-0.05, 0) is 26.3 Å². The predicted molar refractivity (Wildman–Crippen MR) is 59.8 cm³/mol. The Bertz CT molecular complexity index is 141. The molecule has 1 atom stereocenters. The van der Waals surface area contributed by atoms with Crippen LogP contribution in [0, 0.1) is 0 Å². The van der Waals surface area contributed by atoms with E-state index in [1.165, 1.54) is 6.42 Å². The summed E-state index contributed by atoms with van der Waals surface area (Å²) in [5.41, 5.74) is 6.04. The van der Waals surface area contributed by atoms with E-state index in [9.17, 15) is 0 Å². The van der Waals surface area contributed by atoms with Gasteiger partial charge < -0.3 is 5.73 Å². The first-order valence-corrected chi connectivity index (χ1v) is 5.18. The molecule has 13 heavy (non-hydrogen) atoms. The van der Waals surface area contributed by atoms with Crippen LogP contribution >= 0.6 is 0 Å². The first-order valence-electron chi connectivity index (χ1n) is 5.18. The van der Waals surface area contributed by atoms with Gasteiger partial charge in [0, 0.05) is 18.6 Å². The van der Waals surface area contributed by atoms with Crippen molar-refractivity contribution in [3.8, 4) is 0 Å². The van der Waals surface area contributed by atoms with Crippen LogP contribution in [0.15, 0.2) is 12.7 Å². The first-order chi connectivity index (χ1) is 6.05. The van der Waals surface area contributed by atoms with Crippen LogP contribution < -0.4 is 5.73 Å². The maximum Gasteiger partial charge on any atom is 0.0252 e. The van der Waals surface area contributed by atoms with Crippen molar-refractivity contribution in [3.05, 3.63) is 12.7 Å². The third-order valence-electron chi connectivity index (χ3n) is 2.32. The normalized spacial score (nSPS) is 15.8. The summed E-state index contributed by atoms with van der Waals surface area (Å²) in [6.07, 6.45) is 4.14. The fourth-order valence-electron chi connectivity index (χ4n) is 1.36. The van der Waals surface area contributed by atoms with Crippen LogP contribution in [0.2, 0.25) is 0 Å². The van der Waals surface area contributed by atoms with Crippen LogP contribution in [0.4, 0.5) is 0 Å². The number of nitrogens with zero attached hydrogens (tertiary/aromatic N) is 1. The summed E-state index contributed by atoms with van der Waals surface area (Å²) in [6.45, 7) is 13.2. The van der Waals surface area contributed by atoms with E-state index in [0.717, 1.165) is 26.1 Å². The maximum absolute atomic E-state index is 6.10. The molecule has 0 heterocycles. The Kier molecular flexibility index (Phi) is 6.00. The monoisotopic (exact) mass is 184 g/mol. The molecule has 0 amide bonds. The second-order valence-corrected chi connectivity index (χ2v) is 4.03. The van der Waals surface area contributed by atoms with Crippen molar-refractivity contribution in [2.24, 2.45) is 5.73 Å². The molecule has 1 unspecified atom stereocenters. The lowest BCUT2D eigenvalue weighted by Gasteiger charge is -2.30. The summed E-state index contributed by atoms with van der Waals surface area (Å²) in [5.74, 6) is 0. The first kappa shape index (κ1) is 12.7. The Labute approximate surface area is 82.8 Å². The van der Waals surface area contributed by atoms with Crippen LogP contribution in [-0.4, -0.2) is 30.1 Å². The SMILES string of the molecule is C=CCN(CCC)CC(C)(N)CC. The van der Waals surface area contributed by atoms with Gasteiger partial charge in [0.2, 0.25) is 0 Å². The van der Waals surface area contributed by atoms with E-state index in [1.54, 1.807) is 0 Å². The van der Waals surface area contributed by atoms with E-state index >= 15 is 0 Å². The molecule has 0 aromatic rings. The average Bonchev–Trinajstić information content (AvgIpc) is 2.05. The molecule has 0 aromatic carbocycles. The zero-order valence-corrected chi connectivity index (χ0v) is 9.34. The fraction of sp³-hybridized carbons (Fsp3) is 0.818. The molecule has 0 aliphatic carbocycles. The molecule has 0 bridgehead atoms. The molecule has 2 N–H and O–H groups in total. The van der Waals surface area contributed by atoms with E-state index in [-0.39, 0.29) is 5.54 Å². The number of hydrogen-bond donors (Lipinski definition) is 1. The Morgan fingerprint density at radius 1 is 1.46 bits per heavy atom. The highest BCUT2D eigenvalue weighted by Crippen LogP contribution is 2.07. The molecule has 0 radical (unpaired) electrons. The van der Waals surface area contributed by atoms with Crippen LogP contribution in [-0.2, 0) is 0 Å². The third kappa shape index (κ3) is 5.83. The van der Waals surface area contributed by atoms with Gasteiger partial charge in [-0.2, -0.15) is 0 Å². The standard InChI is InChI=1S/C11H24N2/c1-5-8-13(9-6-2)10-11(4,12)7-3/h5H,1,6-10,12H2,2-4H3. The Morgan fingerprint density at radius 3 is 2.46 bits per heavy atom. The van der Waals surface area contributed by atoms with Crippen molar-refractivity contribution >= 4 is 0 Å². The summed E-state index contributed by atoms with van der Waals surface area (Å²) < 4.78 is 0. The molecule has 0 rings (SSSR count). The van der Waals surface area contributed by atoms with Crippen LogP contribution in [0.5, 0.6) is 0 Å². The number of nitrogens with two attached hydrogens (primary N) is 1. The summed E-state index contributed by atoms with van der Waals surface area (Å²) in [6, 6.07) is 0. The highest BCUT2D eigenvalue weighted by Gasteiger charge is 2.18. The second-order valence-electron chi connectivity index (χ2n) is 4.03. The second kappa shape index (κ2) is 6.17. The lowest BCUT2D eigenvalue weighted by Crippen LogP contribution is -2.47. The molecule has 0 aliphatic rings. The largest absolute Gasteiger partial charge is 0.324 e. The van der Waals surface area contributed by atoms with E-state index < -0.39 is 0 Å². The van der Waals surface area contributed by atoms with Crippen LogP contribution in [0.3, 0.4) is 0 Å². The van der Waals surface area contributed by atoms with Gasteiger partial charge in [-0.3, -0.25) is 4.90 Å². The topological polar surface area (TPSA) is 29.3 Å². The Hall–Kier alpha value is -0.340. The maximum atomic E-state index is 6.10. The highest BCUT2D eigenvalue weighted by molar-refractivity contribution is 4.84. The van der Waals surface area contributed by atoms with Crippen molar-refractivity contribution in [2.75, 3.05) is 19.6 Å². The van der Waals surface area contributed by atoms with Crippen LogP contribution in [0.25, 0.3) is 0 Å². The van der Waals surface area contributed by atoms with Gasteiger partial charge in [0.15, 0.2) is 0 Å². The van der Waals surface area contributed by atoms with Gasteiger partial charge in [-0.1, -0.05) is 19.9 Å². The lowest BCUT2D eigenvalue weighted by atomic mass is 10.00. The van der Waals surface area contributed by atoms with Gasteiger partial charge >= 0.3 is 0 Å². The molecule has 0 spiro atoms. The number of hydrogen-bond acceptors (Lipinski definition) is 2. The lowest BCUT2D eigenvalue weighted by molar-refractivity contribution is 0.232. The molecule has 78 valence electrons. The molecule has 2 heteroatoms. The molecule has 0 saturated carbocycles. The predicted octanol–water partition coefficient (Wildman–Crippen LogP) is 2.01. The summed E-state index contributed by atoms with van der Waals surface area (Å²) in [4.78, 5) is 2.36. The fourth-order valence-corrected chi connectivity index (χ4v) is 1.36. The van der Waals surface area contributed by atoms with Crippen LogP contribution in [0.1, 0.15) is 33.6 Å². The smallest absolute Gasteiger partial charge is 0.0252 e. The quantitative estimate of drug-likeness (QED) is 0.613. The summed E-state index contributed by atoms with van der Waals surface area (Å²) in [7, 11) is 0. The minimum atomic E-state index is -0.0574. The molecule has 0 aliphatic heterocycles. The van der Waals surface area contributed by atoms with E-state index in [1.807, 2.05) is 6.08 Å². The third-order valence-corrected chi connectivity index (χ3v) is 2.32. The summed E-state index contributed by atoms with van der Waals surface area (Å²) in [5, 5.41) is 0. The molecule has 0 fully saturated rings. The van der Waals surface area contributed by atoms with Gasteiger partial charge in [0.1, 0.15) is 0 Å². The zero-order chi connectivity index (χ0) is 10.3. The molecular formula is C11H24N2. The van der Waals surface area contributed by atoms with Gasteiger partial charge in [0.05, 0.1) is 0 Å². The number of rotatable bonds is 7. The highest BCUT2D eigenvalue weighted by atomic mass is 15.1. The molecule has 0 aromatic heterocycles. The Morgan fingerprint density at radius 2 is 2.08 bits per heavy atom. The van der Waals surface area contributed by atoms with E-state index in [4.69, 9.17) is 5.73 Å². The van der Waals surface area contributed by atoms with Crippen molar-refractivity contribution in [1.29, 1.82) is 0 Å². The van der Waals surface area contributed by atoms with Gasteiger partial charge in [-0.15, -0.1) is 6.58 Å². The molecule has 2 nitrogen and oxygen atoms in total. The van der Waals surface area contributed by atoms with Gasteiger partial charge in [-0.25, -0.2) is 0 Å². The van der Waals surface area contributed by atoms with E-state index in [2.05, 4.69) is 32.3 Å². The van der Waals surface area contributed by atoms with Crippen molar-refractivity contribution in [1.82, 2.24) is 4.90 Å².